The number of nitrogens with two attached hydrogens (primary N) is 1. The minimum absolute atomic E-state index is 0. The SMILES string of the molecule is CC1(CN)CCN(C(=O)CC(Cc2ccccc2)c2ccccc2)C1.Cl. The first kappa shape index (κ1) is 20.5. The molecular formula is C22H29ClN2O. The molecule has 2 aromatic carbocycles. The van der Waals surface area contributed by atoms with E-state index < -0.39 is 0 Å². The Labute approximate surface area is 163 Å². The molecule has 4 heteroatoms. The van der Waals surface area contributed by atoms with Crippen molar-refractivity contribution in [3.63, 3.8) is 0 Å². The average molecular weight is 373 g/mol. The van der Waals surface area contributed by atoms with Crippen molar-refractivity contribution >= 4 is 18.3 Å². The van der Waals surface area contributed by atoms with Crippen molar-refractivity contribution in [1.29, 1.82) is 0 Å². The first-order valence-corrected chi connectivity index (χ1v) is 9.16. The second-order valence-corrected chi connectivity index (χ2v) is 7.58. The van der Waals surface area contributed by atoms with Crippen molar-refractivity contribution in [2.24, 2.45) is 11.1 Å². The van der Waals surface area contributed by atoms with Crippen molar-refractivity contribution in [2.45, 2.75) is 32.1 Å². The molecule has 0 radical (unpaired) electrons. The largest absolute Gasteiger partial charge is 0.342 e. The molecule has 2 unspecified atom stereocenters. The molecule has 0 spiro atoms. The quantitative estimate of drug-likeness (QED) is 0.832. The van der Waals surface area contributed by atoms with Gasteiger partial charge in [0.1, 0.15) is 0 Å². The lowest BCUT2D eigenvalue weighted by molar-refractivity contribution is -0.130. The number of hydrogen-bond acceptors (Lipinski definition) is 2. The fourth-order valence-electron chi connectivity index (χ4n) is 3.67. The molecule has 2 atom stereocenters. The van der Waals surface area contributed by atoms with Crippen LogP contribution in [0, 0.1) is 5.41 Å². The predicted molar refractivity (Wildman–Crippen MR) is 110 cm³/mol. The van der Waals surface area contributed by atoms with Crippen molar-refractivity contribution in [1.82, 2.24) is 4.90 Å². The number of hydrogen-bond donors (Lipinski definition) is 1. The minimum Gasteiger partial charge on any atom is -0.342 e. The summed E-state index contributed by atoms with van der Waals surface area (Å²) in [6.45, 7) is 4.44. The number of nitrogens with zero attached hydrogens (tertiary/aromatic N) is 1. The molecule has 1 aliphatic heterocycles. The Morgan fingerprint density at radius 1 is 1.12 bits per heavy atom. The van der Waals surface area contributed by atoms with Gasteiger partial charge >= 0.3 is 0 Å². The zero-order chi connectivity index (χ0) is 17.7. The Hall–Kier alpha value is -1.84. The van der Waals surface area contributed by atoms with Crippen LogP contribution in [0.1, 0.15) is 36.8 Å². The number of carbonyl (C=O) groups is 1. The summed E-state index contributed by atoms with van der Waals surface area (Å²) in [4.78, 5) is 14.9. The maximum atomic E-state index is 12.9. The molecule has 2 aromatic rings. The van der Waals surface area contributed by atoms with Crippen LogP contribution in [0.25, 0.3) is 0 Å². The van der Waals surface area contributed by atoms with Gasteiger partial charge in [0.25, 0.3) is 0 Å². The summed E-state index contributed by atoms with van der Waals surface area (Å²) in [6, 6.07) is 20.8. The number of carbonyl (C=O) groups excluding carboxylic acids is 1. The molecular weight excluding hydrogens is 344 g/mol. The zero-order valence-corrected chi connectivity index (χ0v) is 16.3. The number of likely N-dealkylation sites (tertiary alicyclic amines) is 1. The minimum atomic E-state index is 0. The molecule has 0 bridgehead atoms. The van der Waals surface area contributed by atoms with Crippen LogP contribution in [0.5, 0.6) is 0 Å². The molecule has 1 aliphatic rings. The van der Waals surface area contributed by atoms with E-state index in [1.54, 1.807) is 0 Å². The van der Waals surface area contributed by atoms with E-state index >= 15 is 0 Å². The third kappa shape index (κ3) is 5.09. The van der Waals surface area contributed by atoms with Crippen LogP contribution in [0.4, 0.5) is 0 Å². The monoisotopic (exact) mass is 372 g/mol. The maximum absolute atomic E-state index is 12.9. The van der Waals surface area contributed by atoms with Gasteiger partial charge in [-0.2, -0.15) is 0 Å². The molecule has 0 aliphatic carbocycles. The molecule has 1 amide bonds. The number of rotatable bonds is 6. The third-order valence-electron chi connectivity index (χ3n) is 5.42. The summed E-state index contributed by atoms with van der Waals surface area (Å²) in [5.74, 6) is 0.461. The van der Waals surface area contributed by atoms with E-state index in [1.807, 2.05) is 17.0 Å². The van der Waals surface area contributed by atoms with Crippen LogP contribution in [0.2, 0.25) is 0 Å². The van der Waals surface area contributed by atoms with Crippen LogP contribution < -0.4 is 5.73 Å². The highest BCUT2D eigenvalue weighted by Gasteiger charge is 2.35. The van der Waals surface area contributed by atoms with Crippen molar-refractivity contribution in [2.75, 3.05) is 19.6 Å². The Balaban J connectivity index is 0.00000243. The van der Waals surface area contributed by atoms with Crippen molar-refractivity contribution in [3.8, 4) is 0 Å². The standard InChI is InChI=1S/C22H28N2O.ClH/c1-22(16-23)12-13-24(17-22)21(25)15-20(19-10-6-3-7-11-19)14-18-8-4-2-5-9-18;/h2-11,20H,12-17,23H2,1H3;1H. The molecule has 0 aromatic heterocycles. The Kier molecular flexibility index (Phi) is 7.24. The lowest BCUT2D eigenvalue weighted by atomic mass is 9.88. The Morgan fingerprint density at radius 2 is 1.73 bits per heavy atom. The fraction of sp³-hybridized carbons (Fsp3) is 0.409. The first-order valence-electron chi connectivity index (χ1n) is 9.16. The maximum Gasteiger partial charge on any atom is 0.223 e. The molecule has 1 fully saturated rings. The van der Waals surface area contributed by atoms with Gasteiger partial charge < -0.3 is 10.6 Å². The van der Waals surface area contributed by atoms with Gasteiger partial charge in [0.05, 0.1) is 0 Å². The zero-order valence-electron chi connectivity index (χ0n) is 15.4. The van der Waals surface area contributed by atoms with Gasteiger partial charge in [0.15, 0.2) is 0 Å². The molecule has 1 saturated heterocycles. The molecule has 2 N–H and O–H groups in total. The number of amides is 1. The molecule has 26 heavy (non-hydrogen) atoms. The van der Waals surface area contributed by atoms with Crippen LogP contribution >= 0.6 is 12.4 Å². The summed E-state index contributed by atoms with van der Waals surface area (Å²) in [7, 11) is 0. The van der Waals surface area contributed by atoms with Gasteiger partial charge in [-0.1, -0.05) is 67.6 Å². The van der Waals surface area contributed by atoms with Crippen LogP contribution in [0.3, 0.4) is 0 Å². The topological polar surface area (TPSA) is 46.3 Å². The molecule has 1 heterocycles. The normalized spacial score (nSPS) is 20.5. The second kappa shape index (κ2) is 9.20. The van der Waals surface area contributed by atoms with Crippen LogP contribution in [0.15, 0.2) is 60.7 Å². The number of benzene rings is 2. The van der Waals surface area contributed by atoms with E-state index in [2.05, 4.69) is 55.5 Å². The van der Waals surface area contributed by atoms with Crippen LogP contribution in [-0.4, -0.2) is 30.4 Å². The smallest absolute Gasteiger partial charge is 0.223 e. The van der Waals surface area contributed by atoms with Gasteiger partial charge in [-0.3, -0.25) is 4.79 Å². The van der Waals surface area contributed by atoms with Crippen molar-refractivity contribution in [3.05, 3.63) is 71.8 Å². The fourth-order valence-corrected chi connectivity index (χ4v) is 3.67. The Bertz CT molecular complexity index is 692. The highest BCUT2D eigenvalue weighted by atomic mass is 35.5. The lowest BCUT2D eigenvalue weighted by Crippen LogP contribution is -2.35. The van der Waals surface area contributed by atoms with E-state index in [4.69, 9.17) is 5.73 Å². The van der Waals surface area contributed by atoms with Gasteiger partial charge in [-0.25, -0.2) is 0 Å². The highest BCUT2D eigenvalue weighted by molar-refractivity contribution is 5.85. The highest BCUT2D eigenvalue weighted by Crippen LogP contribution is 2.31. The van der Waals surface area contributed by atoms with E-state index in [0.717, 1.165) is 25.9 Å². The summed E-state index contributed by atoms with van der Waals surface area (Å²) in [5.41, 5.74) is 8.48. The van der Waals surface area contributed by atoms with E-state index in [1.165, 1.54) is 11.1 Å². The Morgan fingerprint density at radius 3 is 2.31 bits per heavy atom. The summed E-state index contributed by atoms with van der Waals surface area (Å²) < 4.78 is 0. The van der Waals surface area contributed by atoms with Gasteiger partial charge in [-0.15, -0.1) is 12.4 Å². The first-order chi connectivity index (χ1) is 12.1. The summed E-state index contributed by atoms with van der Waals surface area (Å²) >= 11 is 0. The lowest BCUT2D eigenvalue weighted by Gasteiger charge is -2.25. The van der Waals surface area contributed by atoms with E-state index in [-0.39, 0.29) is 29.6 Å². The van der Waals surface area contributed by atoms with Crippen LogP contribution in [-0.2, 0) is 11.2 Å². The van der Waals surface area contributed by atoms with Gasteiger partial charge in [0.2, 0.25) is 5.91 Å². The number of halogens is 1. The average Bonchev–Trinajstić information content (AvgIpc) is 3.06. The molecule has 140 valence electrons. The van der Waals surface area contributed by atoms with E-state index in [0.29, 0.717) is 13.0 Å². The second-order valence-electron chi connectivity index (χ2n) is 7.58. The third-order valence-corrected chi connectivity index (χ3v) is 5.42. The van der Waals surface area contributed by atoms with Gasteiger partial charge in [0, 0.05) is 19.5 Å². The summed E-state index contributed by atoms with van der Waals surface area (Å²) in [6.07, 6.45) is 2.45. The summed E-state index contributed by atoms with van der Waals surface area (Å²) in [5, 5.41) is 0. The molecule has 0 saturated carbocycles. The van der Waals surface area contributed by atoms with Crippen molar-refractivity contribution < 1.29 is 4.79 Å². The molecule has 3 rings (SSSR count). The van der Waals surface area contributed by atoms with E-state index in [9.17, 15) is 4.79 Å². The molecule has 3 nitrogen and oxygen atoms in total. The van der Waals surface area contributed by atoms with Gasteiger partial charge in [-0.05, 0) is 41.8 Å². The predicted octanol–water partition coefficient (Wildman–Crippen LogP) is 4.02.